The van der Waals surface area contributed by atoms with Crippen molar-refractivity contribution in [1.29, 1.82) is 0 Å². The van der Waals surface area contributed by atoms with Gasteiger partial charge in [0, 0.05) is 11.3 Å². The van der Waals surface area contributed by atoms with Crippen LogP contribution in [-0.2, 0) is 0 Å². The number of nitrogens with one attached hydrogen (secondary N) is 1. The van der Waals surface area contributed by atoms with E-state index in [-0.39, 0.29) is 12.4 Å². The van der Waals surface area contributed by atoms with E-state index in [1.165, 1.54) is 13.2 Å². The Morgan fingerprint density at radius 3 is 2.84 bits per heavy atom. The molecule has 0 spiro atoms. The number of rotatable bonds is 4. The molecule has 4 N–H and O–H groups in total. The molecular weight excluding hydrogens is 249 g/mol. The summed E-state index contributed by atoms with van der Waals surface area (Å²) in [7, 11) is 1.41. The molecule has 1 atom stereocenters. The molecule has 6 heteroatoms. The molecule has 1 aromatic carbocycles. The Bertz CT molecular complexity index is 583. The zero-order chi connectivity index (χ0) is 14.0. The molecule has 0 radical (unpaired) electrons. The highest BCUT2D eigenvalue weighted by Gasteiger charge is 2.15. The van der Waals surface area contributed by atoms with Gasteiger partial charge in [0.1, 0.15) is 5.82 Å². The van der Waals surface area contributed by atoms with E-state index in [2.05, 4.69) is 9.97 Å². The van der Waals surface area contributed by atoms with Gasteiger partial charge in [-0.1, -0.05) is 0 Å². The Hall–Kier alpha value is -1.92. The van der Waals surface area contributed by atoms with Gasteiger partial charge in [-0.2, -0.15) is 0 Å². The lowest BCUT2D eigenvalue weighted by Gasteiger charge is -2.04. The molecule has 1 aromatic heterocycles. The molecule has 0 bridgehead atoms. The van der Waals surface area contributed by atoms with Crippen molar-refractivity contribution in [2.75, 3.05) is 13.7 Å². The van der Waals surface area contributed by atoms with Crippen LogP contribution in [-0.4, -0.2) is 28.8 Å². The topological polar surface area (TPSA) is 84.2 Å². The molecule has 0 aliphatic heterocycles. The van der Waals surface area contributed by atoms with Gasteiger partial charge in [0.15, 0.2) is 11.6 Å². The predicted molar refractivity (Wildman–Crippen MR) is 69.3 cm³/mol. The Balaban J connectivity index is 2.41. The summed E-state index contributed by atoms with van der Waals surface area (Å²) >= 11 is 0. The van der Waals surface area contributed by atoms with Crippen LogP contribution in [0, 0.1) is 12.7 Å². The normalized spacial score (nSPS) is 12.5. The molecule has 1 unspecified atom stereocenters. The number of aromatic nitrogens is 2. The minimum absolute atomic E-state index is 0.184. The number of halogens is 1. The van der Waals surface area contributed by atoms with E-state index in [4.69, 9.17) is 15.6 Å². The molecule has 5 nitrogen and oxygen atoms in total. The van der Waals surface area contributed by atoms with Gasteiger partial charge >= 0.3 is 0 Å². The molecule has 0 aliphatic carbocycles. The standard InChI is InChI=1S/C13H16FN3O2/c1-7-12(17-13(16-7)10(15)6-18)8-3-4-11(19-2)9(14)5-8/h3-5,10,18H,6,15H2,1-2H3,(H,16,17). The number of aromatic amines is 1. The Labute approximate surface area is 110 Å². The summed E-state index contributed by atoms with van der Waals surface area (Å²) in [5.41, 5.74) is 7.70. The Morgan fingerprint density at radius 1 is 1.53 bits per heavy atom. The van der Waals surface area contributed by atoms with Crippen LogP contribution in [0.1, 0.15) is 17.6 Å². The van der Waals surface area contributed by atoms with Gasteiger partial charge in [-0.3, -0.25) is 0 Å². The summed E-state index contributed by atoms with van der Waals surface area (Å²) in [6, 6.07) is 4.05. The second-order valence-electron chi connectivity index (χ2n) is 4.23. The average molecular weight is 265 g/mol. The molecule has 0 fully saturated rings. The maximum atomic E-state index is 13.7. The molecule has 0 amide bonds. The van der Waals surface area contributed by atoms with Crippen LogP contribution in [0.5, 0.6) is 5.75 Å². The van der Waals surface area contributed by atoms with Crippen molar-refractivity contribution in [1.82, 2.24) is 9.97 Å². The molecule has 19 heavy (non-hydrogen) atoms. The molecule has 2 aromatic rings. The number of ether oxygens (including phenoxy) is 1. The monoisotopic (exact) mass is 265 g/mol. The number of imidazole rings is 1. The summed E-state index contributed by atoms with van der Waals surface area (Å²) in [6.07, 6.45) is 0. The number of methoxy groups -OCH3 is 1. The highest BCUT2D eigenvalue weighted by Crippen LogP contribution is 2.27. The van der Waals surface area contributed by atoms with Crippen LogP contribution in [0.4, 0.5) is 4.39 Å². The smallest absolute Gasteiger partial charge is 0.165 e. The van der Waals surface area contributed by atoms with Crippen molar-refractivity contribution < 1.29 is 14.2 Å². The highest BCUT2D eigenvalue weighted by molar-refractivity contribution is 5.63. The number of benzene rings is 1. The number of aliphatic hydroxyl groups excluding tert-OH is 1. The summed E-state index contributed by atoms with van der Waals surface area (Å²) in [6.45, 7) is 1.61. The van der Waals surface area contributed by atoms with Gasteiger partial charge in [-0.15, -0.1) is 0 Å². The first-order chi connectivity index (χ1) is 9.06. The second kappa shape index (κ2) is 5.38. The van der Waals surface area contributed by atoms with Crippen molar-refractivity contribution in [3.8, 4) is 17.0 Å². The summed E-state index contributed by atoms with van der Waals surface area (Å²) in [5.74, 6) is 0.214. The number of aliphatic hydroxyl groups is 1. The first-order valence-corrected chi connectivity index (χ1v) is 5.83. The minimum atomic E-state index is -0.574. The maximum absolute atomic E-state index is 13.7. The van der Waals surface area contributed by atoms with Gasteiger partial charge in [0.2, 0.25) is 0 Å². The van der Waals surface area contributed by atoms with Crippen LogP contribution in [0.2, 0.25) is 0 Å². The Morgan fingerprint density at radius 2 is 2.26 bits per heavy atom. The number of nitrogens with two attached hydrogens (primary N) is 1. The molecule has 2 rings (SSSR count). The maximum Gasteiger partial charge on any atom is 0.165 e. The Kier molecular flexibility index (Phi) is 3.82. The summed E-state index contributed by atoms with van der Waals surface area (Å²) in [4.78, 5) is 7.29. The zero-order valence-corrected chi connectivity index (χ0v) is 10.8. The van der Waals surface area contributed by atoms with E-state index in [1.54, 1.807) is 12.1 Å². The number of hydrogen-bond donors (Lipinski definition) is 3. The van der Waals surface area contributed by atoms with E-state index < -0.39 is 11.9 Å². The summed E-state index contributed by atoms with van der Waals surface area (Å²) < 4.78 is 18.5. The van der Waals surface area contributed by atoms with Gasteiger partial charge < -0.3 is 20.6 Å². The fourth-order valence-corrected chi connectivity index (χ4v) is 1.84. The lowest BCUT2D eigenvalue weighted by Crippen LogP contribution is -2.16. The third-order valence-corrected chi connectivity index (χ3v) is 2.88. The molecule has 0 aliphatic rings. The number of H-pyrrole nitrogens is 1. The van der Waals surface area contributed by atoms with Crippen molar-refractivity contribution >= 4 is 0 Å². The van der Waals surface area contributed by atoms with Crippen LogP contribution in [0.15, 0.2) is 18.2 Å². The second-order valence-corrected chi connectivity index (χ2v) is 4.23. The lowest BCUT2D eigenvalue weighted by molar-refractivity contribution is 0.264. The van der Waals surface area contributed by atoms with Gasteiger partial charge in [0.05, 0.1) is 25.5 Å². The highest BCUT2D eigenvalue weighted by atomic mass is 19.1. The van der Waals surface area contributed by atoms with Crippen LogP contribution < -0.4 is 10.5 Å². The number of aryl methyl sites for hydroxylation is 1. The van der Waals surface area contributed by atoms with E-state index in [1.807, 2.05) is 6.92 Å². The molecule has 0 saturated carbocycles. The van der Waals surface area contributed by atoms with Crippen molar-refractivity contribution in [2.24, 2.45) is 5.73 Å². The fourth-order valence-electron chi connectivity index (χ4n) is 1.84. The van der Waals surface area contributed by atoms with Crippen molar-refractivity contribution in [3.05, 3.63) is 35.5 Å². The van der Waals surface area contributed by atoms with Crippen molar-refractivity contribution in [3.63, 3.8) is 0 Å². The summed E-state index contributed by atoms with van der Waals surface area (Å²) in [5, 5.41) is 9.01. The van der Waals surface area contributed by atoms with Crippen molar-refractivity contribution in [2.45, 2.75) is 13.0 Å². The predicted octanol–water partition coefficient (Wildman–Crippen LogP) is 1.52. The van der Waals surface area contributed by atoms with E-state index in [0.717, 1.165) is 5.69 Å². The van der Waals surface area contributed by atoms with Gasteiger partial charge in [0.25, 0.3) is 0 Å². The van der Waals surface area contributed by atoms with Gasteiger partial charge in [-0.05, 0) is 25.1 Å². The fraction of sp³-hybridized carbons (Fsp3) is 0.308. The first kappa shape index (κ1) is 13.5. The number of hydrogen-bond acceptors (Lipinski definition) is 4. The molecule has 0 saturated heterocycles. The third-order valence-electron chi connectivity index (χ3n) is 2.88. The van der Waals surface area contributed by atoms with Gasteiger partial charge in [-0.25, -0.2) is 9.37 Å². The van der Waals surface area contributed by atoms with Crippen LogP contribution in [0.3, 0.4) is 0 Å². The molecular formula is C13H16FN3O2. The van der Waals surface area contributed by atoms with Crippen LogP contribution in [0.25, 0.3) is 11.3 Å². The molecule has 1 heterocycles. The molecule has 102 valence electrons. The largest absolute Gasteiger partial charge is 0.494 e. The van der Waals surface area contributed by atoms with E-state index >= 15 is 0 Å². The van der Waals surface area contributed by atoms with Crippen LogP contribution >= 0.6 is 0 Å². The third kappa shape index (κ3) is 2.59. The number of nitrogens with zero attached hydrogens (tertiary/aromatic N) is 1. The average Bonchev–Trinajstić information content (AvgIpc) is 2.80. The SMILES string of the molecule is COc1ccc(-c2nc(C(N)CO)[nH]c2C)cc1F. The lowest BCUT2D eigenvalue weighted by atomic mass is 10.1. The zero-order valence-electron chi connectivity index (χ0n) is 10.8. The quantitative estimate of drug-likeness (QED) is 0.782. The first-order valence-electron chi connectivity index (χ1n) is 5.83. The van der Waals surface area contributed by atoms with E-state index in [9.17, 15) is 4.39 Å². The minimum Gasteiger partial charge on any atom is -0.494 e. The van der Waals surface area contributed by atoms with E-state index in [0.29, 0.717) is 17.1 Å².